The van der Waals surface area contributed by atoms with Crippen LogP contribution in [0, 0.1) is 0 Å². The van der Waals surface area contributed by atoms with Crippen LogP contribution in [-0.4, -0.2) is 36.4 Å². The number of esters is 2. The maximum absolute atomic E-state index is 12.1. The van der Waals surface area contributed by atoms with Gasteiger partial charge in [0.05, 0.1) is 6.61 Å². The molecule has 0 spiro atoms. The highest BCUT2D eigenvalue weighted by molar-refractivity contribution is 5.70. The molecule has 0 aromatic rings. The number of ether oxygens (including phenoxy) is 2. The fraction of sp³-hybridized carbons (Fsp3) is 0.944. The van der Waals surface area contributed by atoms with E-state index < -0.39 is 6.10 Å². The van der Waals surface area contributed by atoms with E-state index in [0.717, 1.165) is 38.5 Å². The minimum Gasteiger partial charge on any atom is -0.462 e. The van der Waals surface area contributed by atoms with Crippen molar-refractivity contribution in [2.45, 2.75) is 206 Å². The average Bonchev–Trinajstić information content (AvgIpc) is 2.97. The summed E-state index contributed by atoms with van der Waals surface area (Å²) in [4.78, 5) is 24.1. The Balaban J connectivity index is 3.50. The van der Waals surface area contributed by atoms with Gasteiger partial charge in [0.15, 0.2) is 6.10 Å². The molecule has 0 radical (unpaired) electrons. The van der Waals surface area contributed by atoms with Gasteiger partial charge in [0.2, 0.25) is 0 Å². The Morgan fingerprint density at radius 3 is 1.07 bits per heavy atom. The van der Waals surface area contributed by atoms with E-state index in [0.29, 0.717) is 12.8 Å². The summed E-state index contributed by atoms with van der Waals surface area (Å²) < 4.78 is 10.6. The number of aliphatic hydroxyl groups excluding tert-OH is 1. The lowest BCUT2D eigenvalue weighted by atomic mass is 10.0. The van der Waals surface area contributed by atoms with Gasteiger partial charge >= 0.3 is 11.9 Å². The molecule has 0 aliphatic heterocycles. The normalized spacial score (nSPS) is 12.0. The minimum atomic E-state index is -0.759. The Morgan fingerprint density at radius 2 is 0.756 bits per heavy atom. The Labute approximate surface area is 255 Å². The van der Waals surface area contributed by atoms with Crippen LogP contribution >= 0.6 is 0 Å². The van der Waals surface area contributed by atoms with Crippen LogP contribution in [0.25, 0.3) is 0 Å². The van der Waals surface area contributed by atoms with E-state index in [1.807, 2.05) is 0 Å². The number of rotatable bonds is 33. The molecule has 0 fully saturated rings. The smallest absolute Gasteiger partial charge is 0.306 e. The molecule has 41 heavy (non-hydrogen) atoms. The fourth-order valence-electron chi connectivity index (χ4n) is 5.38. The maximum atomic E-state index is 12.1. The molecule has 1 atom stereocenters. The van der Waals surface area contributed by atoms with Gasteiger partial charge in [-0.2, -0.15) is 0 Å². The number of carbonyl (C=O) groups is 2. The Kier molecular flexibility index (Phi) is 32.5. The third kappa shape index (κ3) is 31.7. The van der Waals surface area contributed by atoms with Gasteiger partial charge in [0, 0.05) is 12.8 Å². The lowest BCUT2D eigenvalue weighted by molar-refractivity contribution is -0.161. The first-order chi connectivity index (χ1) is 20.1. The molecule has 0 aromatic carbocycles. The predicted octanol–water partition coefficient (Wildman–Crippen LogP) is 10.8. The van der Waals surface area contributed by atoms with E-state index in [9.17, 15) is 14.7 Å². The van der Waals surface area contributed by atoms with Crippen molar-refractivity contribution < 1.29 is 24.2 Å². The molecule has 5 nitrogen and oxygen atoms in total. The van der Waals surface area contributed by atoms with Crippen LogP contribution < -0.4 is 0 Å². The predicted molar refractivity (Wildman–Crippen MR) is 173 cm³/mol. The molecule has 1 unspecified atom stereocenters. The first-order valence-electron chi connectivity index (χ1n) is 18.1. The number of carbonyl (C=O) groups excluding carboxylic acids is 2. The van der Waals surface area contributed by atoms with Crippen molar-refractivity contribution in [3.8, 4) is 0 Å². The molecule has 0 bridgehead atoms. The van der Waals surface area contributed by atoms with Crippen LogP contribution in [-0.2, 0) is 19.1 Å². The number of hydrogen-bond acceptors (Lipinski definition) is 5. The Morgan fingerprint density at radius 1 is 0.463 bits per heavy atom. The molecular formula is C36H70O5. The van der Waals surface area contributed by atoms with Crippen molar-refractivity contribution >= 4 is 11.9 Å². The quantitative estimate of drug-likeness (QED) is 0.0615. The molecule has 0 saturated heterocycles. The minimum absolute atomic E-state index is 0.0577. The third-order valence-corrected chi connectivity index (χ3v) is 8.15. The number of hydrogen-bond donors (Lipinski definition) is 1. The lowest BCUT2D eigenvalue weighted by Crippen LogP contribution is -2.28. The molecular weight excluding hydrogens is 512 g/mol. The summed E-state index contributed by atoms with van der Waals surface area (Å²) in [6, 6.07) is 0. The molecule has 0 aliphatic rings. The van der Waals surface area contributed by atoms with Crippen LogP contribution in [0.5, 0.6) is 0 Å². The van der Waals surface area contributed by atoms with Gasteiger partial charge in [-0.05, 0) is 12.8 Å². The van der Waals surface area contributed by atoms with Crippen LogP contribution in [0.3, 0.4) is 0 Å². The third-order valence-electron chi connectivity index (χ3n) is 8.15. The second kappa shape index (κ2) is 33.4. The van der Waals surface area contributed by atoms with Crippen molar-refractivity contribution in [3.63, 3.8) is 0 Å². The zero-order valence-electron chi connectivity index (χ0n) is 27.6. The van der Waals surface area contributed by atoms with E-state index >= 15 is 0 Å². The van der Waals surface area contributed by atoms with Crippen LogP contribution in [0.2, 0.25) is 0 Å². The van der Waals surface area contributed by atoms with E-state index in [4.69, 9.17) is 9.47 Å². The summed E-state index contributed by atoms with van der Waals surface area (Å²) in [5.41, 5.74) is 0. The monoisotopic (exact) mass is 583 g/mol. The molecule has 0 rings (SSSR count). The first kappa shape index (κ1) is 39.9. The topological polar surface area (TPSA) is 72.8 Å². The van der Waals surface area contributed by atoms with Crippen LogP contribution in [0.4, 0.5) is 0 Å². The molecule has 5 heteroatoms. The SMILES string of the molecule is CCCCCCCCCCCCCCCCCCCC(=O)OC(CO)COC(=O)CCCCCCCCCCCC. The summed E-state index contributed by atoms with van der Waals surface area (Å²) in [5, 5.41) is 9.50. The fourth-order valence-corrected chi connectivity index (χ4v) is 5.38. The molecule has 0 heterocycles. The molecule has 244 valence electrons. The summed E-state index contributed by atoms with van der Waals surface area (Å²) in [7, 11) is 0. The van der Waals surface area contributed by atoms with Gasteiger partial charge in [-0.1, -0.05) is 174 Å². The number of aliphatic hydroxyl groups is 1. The second-order valence-corrected chi connectivity index (χ2v) is 12.3. The highest BCUT2D eigenvalue weighted by Crippen LogP contribution is 2.15. The summed E-state index contributed by atoms with van der Waals surface area (Å²) in [5.74, 6) is -0.581. The highest BCUT2D eigenvalue weighted by Gasteiger charge is 2.16. The van der Waals surface area contributed by atoms with Crippen molar-refractivity contribution in [1.29, 1.82) is 0 Å². The largest absolute Gasteiger partial charge is 0.462 e. The summed E-state index contributed by atoms with van der Waals surface area (Å²) in [6.07, 6.45) is 34.4. The van der Waals surface area contributed by atoms with E-state index in [-0.39, 0.29) is 25.2 Å². The lowest BCUT2D eigenvalue weighted by Gasteiger charge is -2.15. The second-order valence-electron chi connectivity index (χ2n) is 12.3. The maximum Gasteiger partial charge on any atom is 0.306 e. The van der Waals surface area contributed by atoms with Gasteiger partial charge in [0.1, 0.15) is 6.61 Å². The molecule has 0 amide bonds. The van der Waals surface area contributed by atoms with Gasteiger partial charge in [0.25, 0.3) is 0 Å². The van der Waals surface area contributed by atoms with Gasteiger partial charge < -0.3 is 14.6 Å². The first-order valence-corrected chi connectivity index (χ1v) is 18.1. The van der Waals surface area contributed by atoms with Crippen molar-refractivity contribution in [2.75, 3.05) is 13.2 Å². The average molecular weight is 583 g/mol. The highest BCUT2D eigenvalue weighted by atomic mass is 16.6. The van der Waals surface area contributed by atoms with E-state index in [2.05, 4.69) is 13.8 Å². The molecule has 1 N–H and O–H groups in total. The summed E-state index contributed by atoms with van der Waals surface area (Å²) >= 11 is 0. The van der Waals surface area contributed by atoms with Crippen LogP contribution in [0.15, 0.2) is 0 Å². The number of unbranched alkanes of at least 4 members (excludes halogenated alkanes) is 25. The van der Waals surface area contributed by atoms with Crippen molar-refractivity contribution in [2.24, 2.45) is 0 Å². The molecule has 0 saturated carbocycles. The zero-order chi connectivity index (χ0) is 30.1. The molecule has 0 aliphatic carbocycles. The van der Waals surface area contributed by atoms with Gasteiger partial charge in [-0.3, -0.25) is 9.59 Å². The Bertz CT molecular complexity index is 550. The standard InChI is InChI=1S/C36H70O5/c1-3-5-7-9-11-13-15-16-17-18-19-20-21-23-25-27-29-31-36(39)41-34(32-37)33-40-35(38)30-28-26-24-22-14-12-10-8-6-4-2/h34,37H,3-33H2,1-2H3. The van der Waals surface area contributed by atoms with E-state index in [1.165, 1.54) is 135 Å². The Hall–Kier alpha value is -1.10. The summed E-state index contributed by atoms with van der Waals surface area (Å²) in [6.45, 7) is 4.14. The zero-order valence-corrected chi connectivity index (χ0v) is 27.6. The van der Waals surface area contributed by atoms with Gasteiger partial charge in [-0.15, -0.1) is 0 Å². The van der Waals surface area contributed by atoms with Crippen molar-refractivity contribution in [1.82, 2.24) is 0 Å². The van der Waals surface area contributed by atoms with Gasteiger partial charge in [-0.25, -0.2) is 0 Å². The molecule has 0 aromatic heterocycles. The van der Waals surface area contributed by atoms with Crippen LogP contribution in [0.1, 0.15) is 200 Å². The van der Waals surface area contributed by atoms with Crippen molar-refractivity contribution in [3.05, 3.63) is 0 Å². The van der Waals surface area contributed by atoms with E-state index in [1.54, 1.807) is 0 Å².